The van der Waals surface area contributed by atoms with Crippen molar-refractivity contribution >= 4 is 49.7 Å². The van der Waals surface area contributed by atoms with E-state index in [1.165, 1.54) is 0 Å². The molecule has 0 fully saturated rings. The van der Waals surface area contributed by atoms with E-state index in [1.807, 2.05) is 67.5 Å². The largest absolute Gasteiger partial charge is 0.378 e. The molecule has 1 amide bonds. The average molecular weight is 505 g/mol. The summed E-state index contributed by atoms with van der Waals surface area (Å²) in [5, 5.41) is 8.37. The van der Waals surface area contributed by atoms with E-state index < -0.39 is 0 Å². The number of benzene rings is 2. The average Bonchev–Trinajstić information content (AvgIpc) is 3.04. The molecule has 1 heterocycles. The number of anilines is 1. The van der Waals surface area contributed by atoms with E-state index in [0.29, 0.717) is 11.0 Å². The second kappa shape index (κ2) is 9.16. The third-order valence-electron chi connectivity index (χ3n) is 3.98. The molecule has 28 heavy (non-hydrogen) atoms. The zero-order chi connectivity index (χ0) is 20.1. The molecule has 0 bridgehead atoms. The minimum Gasteiger partial charge on any atom is -0.378 e. The summed E-state index contributed by atoms with van der Waals surface area (Å²) in [6.07, 6.45) is 3.38. The van der Waals surface area contributed by atoms with Crippen molar-refractivity contribution in [3.63, 3.8) is 0 Å². The number of hydrogen-bond donors (Lipinski definition) is 1. The molecule has 0 spiro atoms. The Bertz CT molecular complexity index is 979. The van der Waals surface area contributed by atoms with Crippen molar-refractivity contribution in [1.82, 2.24) is 15.2 Å². The highest BCUT2D eigenvalue weighted by molar-refractivity contribution is 9.10. The lowest BCUT2D eigenvalue weighted by Gasteiger charge is -2.11. The monoisotopic (exact) mass is 503 g/mol. The van der Waals surface area contributed by atoms with Gasteiger partial charge in [0, 0.05) is 30.5 Å². The Kier molecular flexibility index (Phi) is 6.64. The van der Waals surface area contributed by atoms with Crippen LogP contribution in [-0.4, -0.2) is 36.0 Å². The standard InChI is InChI=1S/C20H19Br2N5O/c1-26(2)17-9-5-14(6-10-17)11-23-24-20(28)19-18(22)13-27(25-19)12-15-3-7-16(21)8-4-15/h3-11,13H,12H2,1-2H3,(H,24,28)/b23-11-. The highest BCUT2D eigenvalue weighted by atomic mass is 79.9. The molecule has 0 aliphatic carbocycles. The lowest BCUT2D eigenvalue weighted by molar-refractivity contribution is 0.0948. The molecule has 6 nitrogen and oxygen atoms in total. The summed E-state index contributed by atoms with van der Waals surface area (Å²) in [5.41, 5.74) is 5.89. The van der Waals surface area contributed by atoms with Crippen molar-refractivity contribution in [2.24, 2.45) is 5.10 Å². The number of nitrogens with zero attached hydrogens (tertiary/aromatic N) is 4. The Labute approximate surface area is 180 Å². The van der Waals surface area contributed by atoms with Crippen molar-refractivity contribution in [2.75, 3.05) is 19.0 Å². The van der Waals surface area contributed by atoms with Crippen LogP contribution < -0.4 is 10.3 Å². The lowest BCUT2D eigenvalue weighted by Crippen LogP contribution is -2.19. The quantitative estimate of drug-likeness (QED) is 0.402. The first-order chi connectivity index (χ1) is 13.4. The van der Waals surface area contributed by atoms with Crippen LogP contribution in [0.3, 0.4) is 0 Å². The minimum atomic E-state index is -0.373. The van der Waals surface area contributed by atoms with Crippen molar-refractivity contribution in [1.29, 1.82) is 0 Å². The van der Waals surface area contributed by atoms with Crippen LogP contribution in [0, 0.1) is 0 Å². The maximum absolute atomic E-state index is 12.4. The lowest BCUT2D eigenvalue weighted by atomic mass is 10.2. The van der Waals surface area contributed by atoms with Gasteiger partial charge < -0.3 is 4.90 Å². The SMILES string of the molecule is CN(C)c1ccc(/C=N\NC(=O)c2nn(Cc3ccc(Br)cc3)cc2Br)cc1. The number of hydrazone groups is 1. The van der Waals surface area contributed by atoms with Gasteiger partial charge >= 0.3 is 0 Å². The number of rotatable bonds is 6. The van der Waals surface area contributed by atoms with Crippen LogP contribution in [0.1, 0.15) is 21.6 Å². The van der Waals surface area contributed by atoms with E-state index >= 15 is 0 Å². The van der Waals surface area contributed by atoms with Crippen molar-refractivity contribution < 1.29 is 4.79 Å². The molecular weight excluding hydrogens is 486 g/mol. The second-order valence-electron chi connectivity index (χ2n) is 6.33. The van der Waals surface area contributed by atoms with Gasteiger partial charge in [0.25, 0.3) is 5.91 Å². The number of halogens is 2. The fourth-order valence-corrected chi connectivity index (χ4v) is 3.25. The molecular formula is C20H19Br2N5O. The number of carbonyl (C=O) groups excluding carboxylic acids is 1. The van der Waals surface area contributed by atoms with Gasteiger partial charge in [-0.1, -0.05) is 40.2 Å². The molecule has 0 aliphatic rings. The van der Waals surface area contributed by atoms with Crippen LogP contribution in [0.25, 0.3) is 0 Å². The Morgan fingerprint density at radius 3 is 2.46 bits per heavy atom. The van der Waals surface area contributed by atoms with Gasteiger partial charge in [0.1, 0.15) is 0 Å². The highest BCUT2D eigenvalue weighted by Crippen LogP contribution is 2.17. The van der Waals surface area contributed by atoms with Crippen LogP contribution >= 0.6 is 31.9 Å². The molecule has 3 rings (SSSR count). The molecule has 0 saturated carbocycles. The smallest absolute Gasteiger partial charge is 0.293 e. The summed E-state index contributed by atoms with van der Waals surface area (Å²) in [6, 6.07) is 15.8. The molecule has 1 aromatic heterocycles. The Morgan fingerprint density at radius 1 is 1.14 bits per heavy atom. The second-order valence-corrected chi connectivity index (χ2v) is 8.10. The summed E-state index contributed by atoms with van der Waals surface area (Å²) < 4.78 is 3.35. The summed E-state index contributed by atoms with van der Waals surface area (Å²) in [6.45, 7) is 0.570. The minimum absolute atomic E-state index is 0.289. The summed E-state index contributed by atoms with van der Waals surface area (Å²) in [4.78, 5) is 14.4. The molecule has 3 aromatic rings. The molecule has 0 aliphatic heterocycles. The van der Waals surface area contributed by atoms with Gasteiger partial charge in [-0.3, -0.25) is 9.48 Å². The number of amides is 1. The van der Waals surface area contributed by atoms with Crippen LogP contribution in [0.5, 0.6) is 0 Å². The van der Waals surface area contributed by atoms with Gasteiger partial charge in [-0.25, -0.2) is 5.43 Å². The zero-order valence-electron chi connectivity index (χ0n) is 15.4. The molecule has 144 valence electrons. The van der Waals surface area contributed by atoms with Gasteiger partial charge in [0.15, 0.2) is 5.69 Å². The first kappa shape index (κ1) is 20.3. The van der Waals surface area contributed by atoms with Crippen LogP contribution in [-0.2, 0) is 6.54 Å². The maximum atomic E-state index is 12.4. The fourth-order valence-electron chi connectivity index (χ4n) is 2.49. The van der Waals surface area contributed by atoms with E-state index in [4.69, 9.17) is 0 Å². The Hall–Kier alpha value is -2.45. The molecule has 1 N–H and O–H groups in total. The zero-order valence-corrected chi connectivity index (χ0v) is 18.6. The maximum Gasteiger partial charge on any atom is 0.293 e. The molecule has 0 atom stereocenters. The van der Waals surface area contributed by atoms with Gasteiger partial charge in [0.05, 0.1) is 17.2 Å². The summed E-state index contributed by atoms with van der Waals surface area (Å²) in [7, 11) is 3.97. The highest BCUT2D eigenvalue weighted by Gasteiger charge is 2.14. The van der Waals surface area contributed by atoms with Gasteiger partial charge in [-0.05, 0) is 51.3 Å². The number of hydrogen-bond acceptors (Lipinski definition) is 4. The van der Waals surface area contributed by atoms with E-state index in [9.17, 15) is 4.79 Å². The van der Waals surface area contributed by atoms with E-state index in [0.717, 1.165) is 21.3 Å². The van der Waals surface area contributed by atoms with Crippen LogP contribution in [0.15, 0.2) is 68.8 Å². The fraction of sp³-hybridized carbons (Fsp3) is 0.150. The number of aromatic nitrogens is 2. The molecule has 0 radical (unpaired) electrons. The van der Waals surface area contributed by atoms with Crippen LogP contribution in [0.2, 0.25) is 0 Å². The predicted molar refractivity (Wildman–Crippen MR) is 119 cm³/mol. The number of nitrogens with one attached hydrogen (secondary N) is 1. The first-order valence-electron chi connectivity index (χ1n) is 8.50. The number of carbonyl (C=O) groups is 1. The Balaban J connectivity index is 1.62. The van der Waals surface area contributed by atoms with Gasteiger partial charge in [0.2, 0.25) is 0 Å². The van der Waals surface area contributed by atoms with Crippen molar-refractivity contribution in [2.45, 2.75) is 6.54 Å². The van der Waals surface area contributed by atoms with E-state index in [1.54, 1.807) is 17.1 Å². The van der Waals surface area contributed by atoms with Gasteiger partial charge in [-0.15, -0.1) is 0 Å². The van der Waals surface area contributed by atoms with Gasteiger partial charge in [-0.2, -0.15) is 10.2 Å². The topological polar surface area (TPSA) is 62.5 Å². The summed E-state index contributed by atoms with van der Waals surface area (Å²) in [5.74, 6) is -0.373. The first-order valence-corrected chi connectivity index (χ1v) is 10.1. The normalized spacial score (nSPS) is 11.0. The third kappa shape index (κ3) is 5.30. The van der Waals surface area contributed by atoms with Crippen molar-refractivity contribution in [3.8, 4) is 0 Å². The summed E-state index contributed by atoms with van der Waals surface area (Å²) >= 11 is 6.81. The predicted octanol–water partition coefficient (Wildman–Crippen LogP) is 4.29. The van der Waals surface area contributed by atoms with Crippen molar-refractivity contribution in [3.05, 3.63) is 80.5 Å². The molecule has 2 aromatic carbocycles. The Morgan fingerprint density at radius 2 is 1.82 bits per heavy atom. The third-order valence-corrected chi connectivity index (χ3v) is 5.09. The van der Waals surface area contributed by atoms with E-state index in [-0.39, 0.29) is 11.6 Å². The molecule has 0 saturated heterocycles. The molecule has 0 unspecified atom stereocenters. The van der Waals surface area contributed by atoms with E-state index in [2.05, 4.69) is 47.5 Å². The van der Waals surface area contributed by atoms with Crippen LogP contribution in [0.4, 0.5) is 5.69 Å². The molecule has 8 heteroatoms.